The van der Waals surface area contributed by atoms with E-state index >= 15 is 0 Å². The van der Waals surface area contributed by atoms with Crippen LogP contribution in [0.25, 0.3) is 0 Å². The Morgan fingerprint density at radius 2 is 2.06 bits per heavy atom. The van der Waals surface area contributed by atoms with Crippen molar-refractivity contribution in [3.05, 3.63) is 11.7 Å². The highest BCUT2D eigenvalue weighted by atomic mass is 32.2. The Balaban J connectivity index is 2.06. The van der Waals surface area contributed by atoms with Gasteiger partial charge >= 0.3 is 0 Å². The van der Waals surface area contributed by atoms with Crippen LogP contribution in [0.15, 0.2) is 4.52 Å². The first-order valence-corrected chi connectivity index (χ1v) is 8.34. The molecule has 2 N–H and O–H groups in total. The Bertz CT molecular complexity index is 396. The van der Waals surface area contributed by atoms with Crippen molar-refractivity contribution in [3.8, 4) is 0 Å². The van der Waals surface area contributed by atoms with E-state index in [1.807, 2.05) is 23.5 Å². The maximum atomic E-state index is 6.02. The molecule has 0 saturated carbocycles. The first-order chi connectivity index (χ1) is 8.49. The van der Waals surface area contributed by atoms with Gasteiger partial charge in [0.25, 0.3) is 0 Å². The lowest BCUT2D eigenvalue weighted by Crippen LogP contribution is -2.22. The molecule has 2 rings (SSSR count). The van der Waals surface area contributed by atoms with Gasteiger partial charge in [0.2, 0.25) is 5.89 Å². The van der Waals surface area contributed by atoms with Crippen molar-refractivity contribution in [3.63, 3.8) is 0 Å². The highest BCUT2D eigenvalue weighted by Crippen LogP contribution is 2.43. The lowest BCUT2D eigenvalue weighted by molar-refractivity contribution is 0.322. The molecule has 4 unspecified atom stereocenters. The summed E-state index contributed by atoms with van der Waals surface area (Å²) >= 11 is 3.91. The summed E-state index contributed by atoms with van der Waals surface area (Å²) in [6.45, 7) is 8.65. The van der Waals surface area contributed by atoms with Crippen LogP contribution >= 0.6 is 23.5 Å². The van der Waals surface area contributed by atoms with Crippen LogP contribution in [-0.4, -0.2) is 26.4 Å². The van der Waals surface area contributed by atoms with Crippen LogP contribution in [0.5, 0.6) is 0 Å². The smallest absolute Gasteiger partial charge is 0.243 e. The number of hydrogen-bond donors (Lipinski definition) is 1. The van der Waals surface area contributed by atoms with Gasteiger partial charge in [0.15, 0.2) is 5.82 Å². The van der Waals surface area contributed by atoms with E-state index in [1.165, 1.54) is 0 Å². The Morgan fingerprint density at radius 1 is 1.33 bits per heavy atom. The van der Waals surface area contributed by atoms with Crippen LogP contribution in [0, 0.1) is 5.92 Å². The Kier molecular flexibility index (Phi) is 4.61. The number of nitrogens with two attached hydrogens (primary N) is 1. The fourth-order valence-electron chi connectivity index (χ4n) is 1.72. The summed E-state index contributed by atoms with van der Waals surface area (Å²) in [7, 11) is 0. The normalized spacial score (nSPS) is 30.7. The zero-order valence-corrected chi connectivity index (χ0v) is 12.9. The fraction of sp³-hybridized carbons (Fsp3) is 0.833. The molecular formula is C12H21N3OS2. The summed E-state index contributed by atoms with van der Waals surface area (Å²) in [5, 5.41) is 5.74. The van der Waals surface area contributed by atoms with E-state index in [1.54, 1.807) is 0 Å². The number of rotatable bonds is 3. The second kappa shape index (κ2) is 5.84. The summed E-state index contributed by atoms with van der Waals surface area (Å²) < 4.78 is 5.29. The molecule has 2 heterocycles. The number of hydrogen-bond acceptors (Lipinski definition) is 6. The number of thioether (sulfide) groups is 2. The van der Waals surface area contributed by atoms with Crippen LogP contribution in [0.2, 0.25) is 0 Å². The Morgan fingerprint density at radius 3 is 2.67 bits per heavy atom. The molecule has 0 spiro atoms. The van der Waals surface area contributed by atoms with Crippen LogP contribution in [0.4, 0.5) is 0 Å². The SMILES string of the molecule is CC(C)C(N)c1nc(C2CSC(C)C(C)S2)no1. The molecule has 102 valence electrons. The molecule has 1 aromatic rings. The summed E-state index contributed by atoms with van der Waals surface area (Å²) in [5.74, 6) is 2.73. The molecule has 0 radical (unpaired) electrons. The van der Waals surface area contributed by atoms with Gasteiger partial charge in [-0.1, -0.05) is 32.9 Å². The average Bonchev–Trinajstić information content (AvgIpc) is 2.81. The minimum atomic E-state index is -0.163. The van der Waals surface area contributed by atoms with Gasteiger partial charge in [-0.25, -0.2) is 0 Å². The quantitative estimate of drug-likeness (QED) is 0.922. The van der Waals surface area contributed by atoms with E-state index in [-0.39, 0.29) is 6.04 Å². The van der Waals surface area contributed by atoms with Gasteiger partial charge in [0, 0.05) is 16.3 Å². The summed E-state index contributed by atoms with van der Waals surface area (Å²) in [4.78, 5) is 4.48. The second-order valence-electron chi connectivity index (χ2n) is 5.13. The average molecular weight is 287 g/mol. The molecule has 1 saturated heterocycles. The van der Waals surface area contributed by atoms with E-state index in [0.717, 1.165) is 11.6 Å². The van der Waals surface area contributed by atoms with Crippen molar-refractivity contribution in [1.82, 2.24) is 10.1 Å². The maximum absolute atomic E-state index is 6.02. The lowest BCUT2D eigenvalue weighted by Gasteiger charge is -2.29. The van der Waals surface area contributed by atoms with Gasteiger partial charge in [-0.15, -0.1) is 11.8 Å². The van der Waals surface area contributed by atoms with Gasteiger partial charge in [0.1, 0.15) is 0 Å². The summed E-state index contributed by atoms with van der Waals surface area (Å²) in [5.41, 5.74) is 6.02. The van der Waals surface area contributed by atoms with Gasteiger partial charge in [0.05, 0.1) is 11.3 Å². The van der Waals surface area contributed by atoms with E-state index in [0.29, 0.717) is 27.6 Å². The molecular weight excluding hydrogens is 266 g/mol. The molecule has 0 aromatic carbocycles. The summed E-state index contributed by atoms with van der Waals surface area (Å²) in [6, 6.07) is -0.163. The highest BCUT2D eigenvalue weighted by Gasteiger charge is 2.30. The minimum absolute atomic E-state index is 0.163. The minimum Gasteiger partial charge on any atom is -0.338 e. The summed E-state index contributed by atoms with van der Waals surface area (Å²) in [6.07, 6.45) is 0. The number of aromatic nitrogens is 2. The van der Waals surface area contributed by atoms with Crippen LogP contribution < -0.4 is 5.73 Å². The molecule has 1 fully saturated rings. The molecule has 0 aliphatic carbocycles. The van der Waals surface area contributed by atoms with Crippen LogP contribution in [-0.2, 0) is 0 Å². The topological polar surface area (TPSA) is 64.9 Å². The standard InChI is InChI=1S/C12H21N3OS2/c1-6(2)10(13)12-14-11(15-16-12)9-5-17-7(3)8(4)18-9/h6-10H,5,13H2,1-4H3. The third-order valence-electron chi connectivity index (χ3n) is 3.30. The zero-order chi connectivity index (χ0) is 13.3. The molecule has 18 heavy (non-hydrogen) atoms. The molecule has 1 aliphatic heterocycles. The first-order valence-electron chi connectivity index (χ1n) is 6.35. The molecule has 1 aromatic heterocycles. The van der Waals surface area contributed by atoms with Gasteiger partial charge in [-0.05, 0) is 5.92 Å². The first kappa shape index (κ1) is 14.2. The third kappa shape index (κ3) is 3.03. The fourth-order valence-corrected chi connectivity index (χ4v) is 4.55. The second-order valence-corrected chi connectivity index (χ2v) is 8.12. The Labute approximate surface area is 117 Å². The van der Waals surface area contributed by atoms with Crippen LogP contribution in [0.3, 0.4) is 0 Å². The van der Waals surface area contributed by atoms with Crippen molar-refractivity contribution >= 4 is 23.5 Å². The Hall–Kier alpha value is -0.200. The van der Waals surface area contributed by atoms with Crippen LogP contribution in [0.1, 0.15) is 50.7 Å². The van der Waals surface area contributed by atoms with Crippen molar-refractivity contribution in [2.75, 3.05) is 5.75 Å². The van der Waals surface area contributed by atoms with Gasteiger partial charge in [-0.3, -0.25) is 0 Å². The maximum Gasteiger partial charge on any atom is 0.243 e. The molecule has 4 atom stereocenters. The van der Waals surface area contributed by atoms with Gasteiger partial charge < -0.3 is 10.3 Å². The molecule has 1 aliphatic rings. The third-order valence-corrected chi connectivity index (χ3v) is 6.69. The van der Waals surface area contributed by atoms with E-state index in [4.69, 9.17) is 10.3 Å². The van der Waals surface area contributed by atoms with Crippen molar-refractivity contribution in [1.29, 1.82) is 0 Å². The molecule has 0 bridgehead atoms. The monoisotopic (exact) mass is 287 g/mol. The van der Waals surface area contributed by atoms with E-state index < -0.39 is 0 Å². The zero-order valence-electron chi connectivity index (χ0n) is 11.3. The van der Waals surface area contributed by atoms with E-state index in [2.05, 4.69) is 37.8 Å². The van der Waals surface area contributed by atoms with Crippen molar-refractivity contribution in [2.24, 2.45) is 11.7 Å². The molecule has 6 heteroatoms. The highest BCUT2D eigenvalue weighted by molar-refractivity contribution is 8.07. The lowest BCUT2D eigenvalue weighted by atomic mass is 10.1. The predicted octanol–water partition coefficient (Wildman–Crippen LogP) is 3.02. The molecule has 4 nitrogen and oxygen atoms in total. The molecule has 0 amide bonds. The van der Waals surface area contributed by atoms with Crippen molar-refractivity contribution < 1.29 is 4.52 Å². The largest absolute Gasteiger partial charge is 0.338 e. The van der Waals surface area contributed by atoms with Gasteiger partial charge in [-0.2, -0.15) is 16.7 Å². The van der Waals surface area contributed by atoms with E-state index in [9.17, 15) is 0 Å². The number of nitrogens with zero attached hydrogens (tertiary/aromatic N) is 2. The van der Waals surface area contributed by atoms with Crippen molar-refractivity contribution in [2.45, 2.75) is 49.5 Å². The predicted molar refractivity (Wildman–Crippen MR) is 77.8 cm³/mol.